The van der Waals surface area contributed by atoms with E-state index in [-0.39, 0.29) is 10.6 Å². The van der Waals surface area contributed by atoms with Crippen LogP contribution in [0.3, 0.4) is 0 Å². The Labute approximate surface area is 123 Å². The zero-order valence-corrected chi connectivity index (χ0v) is 11.2. The van der Waals surface area contributed by atoms with Gasteiger partial charge in [0.05, 0.1) is 10.6 Å². The van der Waals surface area contributed by atoms with Gasteiger partial charge in [0, 0.05) is 6.07 Å². The summed E-state index contributed by atoms with van der Waals surface area (Å²) in [4.78, 5) is 11.8. The summed E-state index contributed by atoms with van der Waals surface area (Å²) < 4.78 is 26.2. The highest BCUT2D eigenvalue weighted by Gasteiger charge is 2.10. The third-order valence-corrected chi connectivity index (χ3v) is 2.98. The highest BCUT2D eigenvalue weighted by Crippen LogP contribution is 2.34. The lowest BCUT2D eigenvalue weighted by atomic mass is 10.1. The maximum atomic E-state index is 13.4. The van der Waals surface area contributed by atoms with Gasteiger partial charge in [0.2, 0.25) is 0 Å². The standard InChI is InChI=1S/C15H9ClF2O3/c16-11-5-8(6-14(20)15(11)21)1-4-13(19)10-3-2-9(17)7-12(10)18/h1-7,20-21H/b4-1+. The molecule has 21 heavy (non-hydrogen) atoms. The first-order chi connectivity index (χ1) is 9.88. The summed E-state index contributed by atoms with van der Waals surface area (Å²) in [5.41, 5.74) is 0.0629. The van der Waals surface area contributed by atoms with E-state index < -0.39 is 28.9 Å². The smallest absolute Gasteiger partial charge is 0.188 e. The fraction of sp³-hybridized carbons (Fsp3) is 0. The van der Waals surface area contributed by atoms with Gasteiger partial charge in [-0.25, -0.2) is 8.78 Å². The number of halogens is 3. The first-order valence-electron chi connectivity index (χ1n) is 5.77. The number of benzene rings is 2. The summed E-state index contributed by atoms with van der Waals surface area (Å²) in [7, 11) is 0. The van der Waals surface area contributed by atoms with Gasteiger partial charge in [0.25, 0.3) is 0 Å². The van der Waals surface area contributed by atoms with Crippen molar-refractivity contribution in [2.24, 2.45) is 0 Å². The number of carbonyl (C=O) groups is 1. The van der Waals surface area contributed by atoms with Crippen molar-refractivity contribution < 1.29 is 23.8 Å². The van der Waals surface area contributed by atoms with Crippen LogP contribution in [0.4, 0.5) is 8.78 Å². The molecular weight excluding hydrogens is 302 g/mol. The van der Waals surface area contributed by atoms with Crippen LogP contribution >= 0.6 is 11.6 Å². The number of aromatic hydroxyl groups is 2. The van der Waals surface area contributed by atoms with Crippen LogP contribution in [0.25, 0.3) is 6.08 Å². The molecule has 0 fully saturated rings. The average Bonchev–Trinajstić information content (AvgIpc) is 2.42. The summed E-state index contributed by atoms with van der Waals surface area (Å²) in [6, 6.07) is 5.14. The fourth-order valence-electron chi connectivity index (χ4n) is 1.65. The zero-order chi connectivity index (χ0) is 15.6. The van der Waals surface area contributed by atoms with Crippen molar-refractivity contribution in [1.82, 2.24) is 0 Å². The summed E-state index contributed by atoms with van der Waals surface area (Å²) in [6.07, 6.45) is 2.34. The first kappa shape index (κ1) is 15.0. The number of rotatable bonds is 3. The van der Waals surface area contributed by atoms with Gasteiger partial charge in [-0.05, 0) is 35.9 Å². The van der Waals surface area contributed by atoms with Crippen LogP contribution in [0, 0.1) is 11.6 Å². The van der Waals surface area contributed by atoms with Crippen LogP contribution in [0.15, 0.2) is 36.4 Å². The molecule has 0 unspecified atom stereocenters. The van der Waals surface area contributed by atoms with Crippen LogP contribution in [0.2, 0.25) is 5.02 Å². The van der Waals surface area contributed by atoms with E-state index in [4.69, 9.17) is 11.6 Å². The molecule has 0 spiro atoms. The Bertz CT molecular complexity index is 719. The van der Waals surface area contributed by atoms with Crippen LogP contribution in [-0.2, 0) is 0 Å². The van der Waals surface area contributed by atoms with Crippen LogP contribution < -0.4 is 0 Å². The Kier molecular flexibility index (Phi) is 4.23. The first-order valence-corrected chi connectivity index (χ1v) is 6.15. The maximum Gasteiger partial charge on any atom is 0.188 e. The molecule has 0 aliphatic rings. The molecule has 0 heterocycles. The molecule has 6 heteroatoms. The molecule has 2 N–H and O–H groups in total. The number of phenols is 2. The third kappa shape index (κ3) is 3.38. The summed E-state index contributed by atoms with van der Waals surface area (Å²) in [5.74, 6) is -3.32. The van der Waals surface area contributed by atoms with Crippen molar-refractivity contribution in [1.29, 1.82) is 0 Å². The van der Waals surface area contributed by atoms with Crippen molar-refractivity contribution in [2.45, 2.75) is 0 Å². The lowest BCUT2D eigenvalue weighted by Gasteiger charge is -2.02. The zero-order valence-electron chi connectivity index (χ0n) is 10.5. The number of hydrogen-bond acceptors (Lipinski definition) is 3. The van der Waals surface area contributed by atoms with Gasteiger partial charge in [-0.2, -0.15) is 0 Å². The molecule has 0 radical (unpaired) electrons. The van der Waals surface area contributed by atoms with Crippen molar-refractivity contribution in [3.8, 4) is 11.5 Å². The van der Waals surface area contributed by atoms with Gasteiger partial charge in [-0.1, -0.05) is 17.7 Å². The molecule has 2 aromatic carbocycles. The normalized spacial score (nSPS) is 11.0. The molecule has 0 aliphatic carbocycles. The quantitative estimate of drug-likeness (QED) is 0.513. The molecule has 0 bridgehead atoms. The number of phenolic OH excluding ortho intramolecular Hbond substituents is 2. The number of allylic oxidation sites excluding steroid dienone is 1. The summed E-state index contributed by atoms with van der Waals surface area (Å²) >= 11 is 5.66. The number of carbonyl (C=O) groups excluding carboxylic acids is 1. The van der Waals surface area contributed by atoms with E-state index in [1.165, 1.54) is 18.2 Å². The highest BCUT2D eigenvalue weighted by molar-refractivity contribution is 6.32. The second-order valence-corrected chi connectivity index (χ2v) is 4.60. The lowest BCUT2D eigenvalue weighted by Crippen LogP contribution is -1.99. The highest BCUT2D eigenvalue weighted by atomic mass is 35.5. The maximum absolute atomic E-state index is 13.4. The summed E-state index contributed by atoms with van der Waals surface area (Å²) in [5, 5.41) is 18.6. The van der Waals surface area contributed by atoms with Crippen LogP contribution in [-0.4, -0.2) is 16.0 Å². The Morgan fingerprint density at radius 3 is 2.48 bits per heavy atom. The molecule has 0 amide bonds. The lowest BCUT2D eigenvalue weighted by molar-refractivity contribution is 0.104. The van der Waals surface area contributed by atoms with Gasteiger partial charge in [0.15, 0.2) is 17.3 Å². The van der Waals surface area contributed by atoms with Gasteiger partial charge in [-0.3, -0.25) is 4.79 Å². The Hall–Kier alpha value is -2.40. The van der Waals surface area contributed by atoms with Crippen molar-refractivity contribution in [3.63, 3.8) is 0 Å². The van der Waals surface area contributed by atoms with E-state index in [0.717, 1.165) is 18.2 Å². The SMILES string of the molecule is O=C(/C=C/c1cc(O)c(O)c(Cl)c1)c1ccc(F)cc1F. The van der Waals surface area contributed by atoms with E-state index in [0.29, 0.717) is 11.6 Å². The average molecular weight is 311 g/mol. The molecule has 0 aliphatic heterocycles. The monoisotopic (exact) mass is 310 g/mol. The van der Waals surface area contributed by atoms with Gasteiger partial charge in [-0.15, -0.1) is 0 Å². The van der Waals surface area contributed by atoms with E-state index >= 15 is 0 Å². The molecule has 2 aromatic rings. The third-order valence-electron chi connectivity index (χ3n) is 2.69. The van der Waals surface area contributed by atoms with Crippen molar-refractivity contribution >= 4 is 23.5 Å². The van der Waals surface area contributed by atoms with Crippen molar-refractivity contribution in [2.75, 3.05) is 0 Å². The van der Waals surface area contributed by atoms with E-state index in [2.05, 4.69) is 0 Å². The molecule has 2 rings (SSSR count). The molecule has 0 saturated heterocycles. The molecule has 0 atom stereocenters. The number of hydrogen-bond donors (Lipinski definition) is 2. The number of ketones is 1. The second kappa shape index (κ2) is 5.93. The largest absolute Gasteiger partial charge is 0.504 e. The van der Waals surface area contributed by atoms with Crippen molar-refractivity contribution in [3.05, 3.63) is 64.2 Å². The Morgan fingerprint density at radius 2 is 1.86 bits per heavy atom. The minimum absolute atomic E-state index is 0.0879. The van der Waals surface area contributed by atoms with Crippen LogP contribution in [0.1, 0.15) is 15.9 Å². The Morgan fingerprint density at radius 1 is 1.14 bits per heavy atom. The fourth-order valence-corrected chi connectivity index (χ4v) is 1.87. The predicted molar refractivity (Wildman–Crippen MR) is 74.5 cm³/mol. The second-order valence-electron chi connectivity index (χ2n) is 4.19. The molecule has 0 saturated carbocycles. The van der Waals surface area contributed by atoms with Gasteiger partial charge < -0.3 is 10.2 Å². The minimum atomic E-state index is -0.962. The minimum Gasteiger partial charge on any atom is -0.504 e. The summed E-state index contributed by atoms with van der Waals surface area (Å²) in [6.45, 7) is 0. The predicted octanol–water partition coefficient (Wildman–Crippen LogP) is 3.93. The topological polar surface area (TPSA) is 57.5 Å². The van der Waals surface area contributed by atoms with Gasteiger partial charge >= 0.3 is 0 Å². The molecule has 0 aromatic heterocycles. The van der Waals surface area contributed by atoms with E-state index in [1.54, 1.807) is 0 Å². The molecular formula is C15H9ClF2O3. The Balaban J connectivity index is 2.27. The molecule has 3 nitrogen and oxygen atoms in total. The van der Waals surface area contributed by atoms with E-state index in [9.17, 15) is 23.8 Å². The van der Waals surface area contributed by atoms with Crippen LogP contribution in [0.5, 0.6) is 11.5 Å². The van der Waals surface area contributed by atoms with Gasteiger partial charge in [0.1, 0.15) is 11.6 Å². The van der Waals surface area contributed by atoms with E-state index in [1.807, 2.05) is 0 Å². The molecule has 108 valence electrons.